The topological polar surface area (TPSA) is 22.5 Å². The molecule has 118 valence electrons. The first-order chi connectivity index (χ1) is 12.3. The van der Waals surface area contributed by atoms with Crippen LogP contribution in [0, 0.1) is 0 Å². The number of fused-ring (bicyclic) bond motifs is 6. The van der Waals surface area contributed by atoms with E-state index in [1.165, 1.54) is 48.3 Å². The van der Waals surface area contributed by atoms with Gasteiger partial charge in [-0.3, -0.25) is 7.18 Å². The van der Waals surface area contributed by atoms with Crippen LogP contribution in [0.2, 0.25) is 0 Å². The molecule has 0 fully saturated rings. The molecule has 5 heterocycles. The molecule has 0 aliphatic heterocycles. The third kappa shape index (κ3) is 1.30. The Balaban J connectivity index is 2.10. The summed E-state index contributed by atoms with van der Waals surface area (Å²) in [4.78, 5) is 1.28. The van der Waals surface area contributed by atoms with Crippen molar-refractivity contribution in [2.75, 3.05) is 0 Å². The average Bonchev–Trinajstić information content (AvgIpc) is 3.36. The Labute approximate surface area is 158 Å². The first kappa shape index (κ1) is 13.0. The first-order valence-corrected chi connectivity index (χ1v) is 9.91. The van der Waals surface area contributed by atoms with Gasteiger partial charge >= 0.3 is 0 Å². The minimum Gasteiger partial charge on any atom is -0.462 e. The fraction of sp³-hybridized carbons (Fsp3) is 0. The van der Waals surface area contributed by atoms with Gasteiger partial charge in [-0.1, -0.05) is 12.1 Å². The van der Waals surface area contributed by atoms with Gasteiger partial charge in [-0.2, -0.15) is 0 Å². The molecule has 0 amide bonds. The zero-order valence-electron chi connectivity index (χ0n) is 12.8. The van der Waals surface area contributed by atoms with Crippen LogP contribution in [0.15, 0.2) is 58.5 Å². The molecule has 0 spiro atoms. The summed E-state index contributed by atoms with van der Waals surface area (Å²) in [6.45, 7) is 0. The predicted molar refractivity (Wildman–Crippen MR) is 114 cm³/mol. The highest BCUT2D eigenvalue weighted by atomic mass is 127. The molecule has 2 aromatic carbocycles. The molecule has 0 atom stereocenters. The number of halogens is 1. The van der Waals surface area contributed by atoms with Crippen LogP contribution in [-0.4, -0.2) is 7.18 Å². The molecule has 25 heavy (non-hydrogen) atoms. The molecule has 7 rings (SSSR count). The van der Waals surface area contributed by atoms with Crippen molar-refractivity contribution in [3.8, 4) is 0 Å². The molecule has 7 aromatic rings. The maximum Gasteiger partial charge on any atom is 0.159 e. The normalized spacial score (nSPS) is 13.0. The van der Waals surface area contributed by atoms with E-state index in [4.69, 9.17) is 4.42 Å². The van der Waals surface area contributed by atoms with Gasteiger partial charge in [0.15, 0.2) is 5.58 Å². The Morgan fingerprint density at radius 2 is 1.76 bits per heavy atom. The maximum absolute atomic E-state index is 5.87. The van der Waals surface area contributed by atoms with E-state index in [9.17, 15) is 0 Å². The fourth-order valence-electron chi connectivity index (χ4n) is 4.42. The van der Waals surface area contributed by atoms with Crippen LogP contribution in [0.1, 0.15) is 0 Å². The highest BCUT2D eigenvalue weighted by Crippen LogP contribution is 2.45. The van der Waals surface area contributed by atoms with Crippen LogP contribution in [0.25, 0.3) is 59.4 Å². The van der Waals surface area contributed by atoms with Crippen molar-refractivity contribution in [2.45, 2.75) is 0 Å². The molecule has 0 saturated carbocycles. The van der Waals surface area contributed by atoms with Crippen LogP contribution in [-0.2, 0) is 0 Å². The number of nitrogens with zero attached hydrogens (tertiary/aromatic N) is 2. The second-order valence-electron chi connectivity index (χ2n) is 6.45. The number of benzene rings is 2. The Morgan fingerprint density at radius 1 is 0.840 bits per heavy atom. The molecule has 3 nitrogen and oxygen atoms in total. The minimum atomic E-state index is 0.977. The van der Waals surface area contributed by atoms with Crippen molar-refractivity contribution in [3.63, 3.8) is 0 Å². The predicted octanol–water partition coefficient (Wildman–Crippen LogP) is 6.80. The number of hydrogen-bond donors (Lipinski definition) is 0. The summed E-state index contributed by atoms with van der Waals surface area (Å²) < 4.78 is 10.5. The van der Waals surface area contributed by atoms with Gasteiger partial charge in [-0.05, 0) is 35.0 Å². The monoisotopic (exact) mass is 452 g/mol. The summed E-state index contributed by atoms with van der Waals surface area (Å²) in [7, 11) is 0. The van der Waals surface area contributed by atoms with Crippen molar-refractivity contribution >= 4 is 93.6 Å². The second kappa shape index (κ2) is 4.11. The molecular weight excluding hydrogens is 443 g/mol. The van der Waals surface area contributed by atoms with Gasteiger partial charge in [-0.25, -0.2) is 0 Å². The Kier molecular flexibility index (Phi) is 2.14. The number of thiophene rings is 1. The Hall–Kier alpha value is -2.25. The summed E-state index contributed by atoms with van der Waals surface area (Å²) in [5, 5.41) is 8.67. The SMILES string of the molecule is In1c2cccc3c4ccsc4n4c5ccoc5c5ccc1c(c32)c54. The summed E-state index contributed by atoms with van der Waals surface area (Å²) in [5.41, 5.74) is 5.91. The molecule has 0 aliphatic carbocycles. The van der Waals surface area contributed by atoms with Crippen LogP contribution in [0.3, 0.4) is 0 Å². The number of furan rings is 1. The lowest BCUT2D eigenvalue weighted by Gasteiger charge is -1.99. The number of hydrogen-bond acceptors (Lipinski definition) is 2. The lowest BCUT2D eigenvalue weighted by molar-refractivity contribution is 0.619. The average molecular weight is 452 g/mol. The number of rotatable bonds is 0. The molecule has 0 saturated heterocycles. The highest BCUT2D eigenvalue weighted by Gasteiger charge is 2.22. The zero-order chi connectivity index (χ0) is 16.3. The van der Waals surface area contributed by atoms with E-state index >= 15 is 0 Å². The molecule has 0 unspecified atom stereocenters. The van der Waals surface area contributed by atoms with Gasteiger partial charge in [-0.15, -0.1) is 11.3 Å². The van der Waals surface area contributed by atoms with Gasteiger partial charge in [0.2, 0.25) is 0 Å². The summed E-state index contributed by atoms with van der Waals surface area (Å²) in [6, 6.07) is 15.4. The largest absolute Gasteiger partial charge is 0.462 e. The van der Waals surface area contributed by atoms with E-state index in [0.29, 0.717) is 0 Å². The highest BCUT2D eigenvalue weighted by molar-refractivity contribution is 14.1. The summed E-state index contributed by atoms with van der Waals surface area (Å²) in [5.74, 6) is 0. The molecule has 0 N–H and O–H groups in total. The van der Waals surface area contributed by atoms with E-state index in [1.807, 2.05) is 0 Å². The third-order valence-electron chi connectivity index (χ3n) is 5.36. The summed E-state index contributed by atoms with van der Waals surface area (Å²) >= 11 is 4.21. The lowest BCUT2D eigenvalue weighted by atomic mass is 10.1. The standard InChI is InChI=1S/C20H9IN2OS/c21-23-13-3-1-2-10-11-7-9-25-20(11)22-15-6-8-24-19(15)12-4-5-14(23)17(16(10)13)18(12)22/h1-9H. The van der Waals surface area contributed by atoms with E-state index in [0.717, 1.165) is 11.1 Å². The van der Waals surface area contributed by atoms with Crippen LogP contribution in [0.5, 0.6) is 0 Å². The Bertz CT molecular complexity index is 1610. The molecule has 5 aromatic heterocycles. The quantitative estimate of drug-likeness (QED) is 0.232. The molecule has 0 radical (unpaired) electrons. The van der Waals surface area contributed by atoms with E-state index in [1.54, 1.807) is 17.6 Å². The van der Waals surface area contributed by atoms with Gasteiger partial charge < -0.3 is 4.42 Å². The van der Waals surface area contributed by atoms with Crippen molar-refractivity contribution < 1.29 is 4.42 Å². The summed E-state index contributed by atoms with van der Waals surface area (Å²) in [6.07, 6.45) is 1.79. The van der Waals surface area contributed by atoms with Crippen LogP contribution >= 0.6 is 34.2 Å². The maximum atomic E-state index is 5.87. The smallest absolute Gasteiger partial charge is 0.159 e. The van der Waals surface area contributed by atoms with Crippen molar-refractivity contribution in [2.24, 2.45) is 0 Å². The van der Waals surface area contributed by atoms with Crippen LogP contribution < -0.4 is 0 Å². The van der Waals surface area contributed by atoms with Crippen molar-refractivity contribution in [1.82, 2.24) is 7.18 Å². The zero-order valence-corrected chi connectivity index (χ0v) is 15.8. The van der Waals surface area contributed by atoms with Gasteiger partial charge in [0.25, 0.3) is 0 Å². The van der Waals surface area contributed by atoms with Gasteiger partial charge in [0.1, 0.15) is 4.83 Å². The van der Waals surface area contributed by atoms with E-state index in [-0.39, 0.29) is 0 Å². The second-order valence-corrected chi connectivity index (χ2v) is 8.31. The van der Waals surface area contributed by atoms with Gasteiger partial charge in [0, 0.05) is 27.6 Å². The van der Waals surface area contributed by atoms with Gasteiger partial charge in [0.05, 0.1) is 51.2 Å². The minimum absolute atomic E-state index is 0.977. The van der Waals surface area contributed by atoms with Crippen molar-refractivity contribution in [1.29, 1.82) is 0 Å². The molecule has 5 heteroatoms. The lowest BCUT2D eigenvalue weighted by Crippen LogP contribution is -1.82. The Morgan fingerprint density at radius 3 is 2.72 bits per heavy atom. The molecule has 0 bridgehead atoms. The van der Waals surface area contributed by atoms with Crippen molar-refractivity contribution in [3.05, 3.63) is 54.1 Å². The number of aromatic nitrogens is 2. The fourth-order valence-corrected chi connectivity index (χ4v) is 6.15. The molecule has 0 aliphatic rings. The first-order valence-electron chi connectivity index (χ1n) is 8.07. The third-order valence-corrected chi connectivity index (χ3v) is 7.30. The van der Waals surface area contributed by atoms with Crippen LogP contribution in [0.4, 0.5) is 0 Å². The van der Waals surface area contributed by atoms with E-state index in [2.05, 4.69) is 77.9 Å². The van der Waals surface area contributed by atoms with E-state index < -0.39 is 0 Å². The molecular formula is C20H9IN2OS.